The summed E-state index contributed by atoms with van der Waals surface area (Å²) in [5, 5.41) is 4.07. The Morgan fingerprint density at radius 1 is 1.24 bits per heavy atom. The molecule has 0 aliphatic carbocycles. The fourth-order valence-corrected chi connectivity index (χ4v) is 2.26. The molecule has 0 unspecified atom stereocenters. The summed E-state index contributed by atoms with van der Waals surface area (Å²) in [6.45, 7) is 3.64. The highest BCUT2D eigenvalue weighted by atomic mass is 19.4. The van der Waals surface area contributed by atoms with Crippen LogP contribution in [0.2, 0.25) is 0 Å². The Morgan fingerprint density at radius 2 is 1.86 bits per heavy atom. The van der Waals surface area contributed by atoms with Crippen LogP contribution < -0.4 is 5.73 Å². The second-order valence-electron chi connectivity index (χ2n) is 5.09. The predicted molar refractivity (Wildman–Crippen MR) is 72.1 cm³/mol. The zero-order valence-corrected chi connectivity index (χ0v) is 11.8. The van der Waals surface area contributed by atoms with Crippen LogP contribution in [-0.2, 0) is 13.2 Å². The number of anilines is 1. The molecule has 3 nitrogen and oxygen atoms in total. The van der Waals surface area contributed by atoms with Crippen LogP contribution >= 0.6 is 0 Å². The van der Waals surface area contributed by atoms with Crippen molar-refractivity contribution in [1.82, 2.24) is 9.78 Å². The lowest BCUT2D eigenvalue weighted by molar-refractivity contribution is -0.139. The maximum Gasteiger partial charge on any atom is 0.419 e. The van der Waals surface area contributed by atoms with E-state index in [0.29, 0.717) is 17.4 Å². The summed E-state index contributed by atoms with van der Waals surface area (Å²) in [6.07, 6.45) is -4.75. The van der Waals surface area contributed by atoms with Gasteiger partial charge in [-0.1, -0.05) is 19.9 Å². The lowest BCUT2D eigenvalue weighted by atomic mass is 9.97. The summed E-state index contributed by atoms with van der Waals surface area (Å²) < 4.78 is 54.0. The Hall–Kier alpha value is -2.05. The summed E-state index contributed by atoms with van der Waals surface area (Å²) in [6, 6.07) is 3.15. The highest BCUT2D eigenvalue weighted by molar-refractivity contribution is 5.70. The molecule has 1 aromatic carbocycles. The molecule has 2 N–H and O–H groups in total. The third-order valence-electron chi connectivity index (χ3n) is 3.27. The molecule has 0 amide bonds. The van der Waals surface area contributed by atoms with Crippen molar-refractivity contribution in [3.05, 3.63) is 35.1 Å². The minimum absolute atomic E-state index is 0.0948. The number of alkyl halides is 3. The largest absolute Gasteiger partial charge is 0.419 e. The first kappa shape index (κ1) is 15.3. The molecule has 21 heavy (non-hydrogen) atoms. The second kappa shape index (κ2) is 5.05. The maximum absolute atomic E-state index is 14.2. The van der Waals surface area contributed by atoms with E-state index in [4.69, 9.17) is 5.73 Å². The fourth-order valence-electron chi connectivity index (χ4n) is 2.26. The smallest absolute Gasteiger partial charge is 0.384 e. The number of benzene rings is 1. The maximum atomic E-state index is 14.2. The van der Waals surface area contributed by atoms with Gasteiger partial charge in [-0.2, -0.15) is 18.3 Å². The van der Waals surface area contributed by atoms with Gasteiger partial charge in [0.05, 0.1) is 5.56 Å². The van der Waals surface area contributed by atoms with E-state index in [1.807, 2.05) is 13.8 Å². The van der Waals surface area contributed by atoms with E-state index in [0.717, 1.165) is 6.07 Å². The molecule has 7 heteroatoms. The highest BCUT2D eigenvalue weighted by Crippen LogP contribution is 2.38. The van der Waals surface area contributed by atoms with Crippen LogP contribution in [0.15, 0.2) is 18.2 Å². The lowest BCUT2D eigenvalue weighted by Gasteiger charge is -2.12. The van der Waals surface area contributed by atoms with Crippen LogP contribution in [0.5, 0.6) is 0 Å². The first-order valence-electron chi connectivity index (χ1n) is 6.33. The van der Waals surface area contributed by atoms with Crippen molar-refractivity contribution in [2.24, 2.45) is 7.05 Å². The summed E-state index contributed by atoms with van der Waals surface area (Å²) in [7, 11) is 1.57. The molecule has 0 saturated heterocycles. The SMILES string of the molecule is CC(C)c1c(-c2cccc(C(F)(F)F)c2F)nn(C)c1N. The molecule has 2 rings (SSSR count). The Morgan fingerprint density at radius 3 is 2.38 bits per heavy atom. The predicted octanol–water partition coefficient (Wildman–Crippen LogP) is 3.95. The Bertz CT molecular complexity index is 672. The van der Waals surface area contributed by atoms with Crippen molar-refractivity contribution < 1.29 is 17.6 Å². The number of nitrogens with zero attached hydrogens (tertiary/aromatic N) is 2. The monoisotopic (exact) mass is 301 g/mol. The molecule has 0 spiro atoms. The highest BCUT2D eigenvalue weighted by Gasteiger charge is 2.35. The molecule has 1 aromatic heterocycles. The third kappa shape index (κ3) is 2.59. The van der Waals surface area contributed by atoms with E-state index >= 15 is 0 Å². The van der Waals surface area contributed by atoms with Gasteiger partial charge in [0.25, 0.3) is 0 Å². The van der Waals surface area contributed by atoms with Gasteiger partial charge in [0.2, 0.25) is 0 Å². The molecule has 114 valence electrons. The van der Waals surface area contributed by atoms with Crippen LogP contribution in [0.3, 0.4) is 0 Å². The molecule has 0 bridgehead atoms. The number of halogens is 4. The van der Waals surface area contributed by atoms with Gasteiger partial charge in [-0.15, -0.1) is 0 Å². The van der Waals surface area contributed by atoms with Gasteiger partial charge in [-0.25, -0.2) is 4.39 Å². The van der Waals surface area contributed by atoms with E-state index in [1.165, 1.54) is 10.7 Å². The number of hydrogen-bond donors (Lipinski definition) is 1. The van der Waals surface area contributed by atoms with Crippen LogP contribution in [0, 0.1) is 5.82 Å². The molecule has 0 fully saturated rings. The summed E-state index contributed by atoms with van der Waals surface area (Å²) in [4.78, 5) is 0. The minimum Gasteiger partial charge on any atom is -0.384 e. The number of rotatable bonds is 2. The Kier molecular flexibility index (Phi) is 3.69. The first-order valence-corrected chi connectivity index (χ1v) is 6.33. The van der Waals surface area contributed by atoms with Crippen molar-refractivity contribution >= 4 is 5.82 Å². The number of hydrogen-bond acceptors (Lipinski definition) is 2. The zero-order chi connectivity index (χ0) is 15.9. The molecule has 0 atom stereocenters. The summed E-state index contributed by atoms with van der Waals surface area (Å²) in [5.41, 5.74) is 5.06. The van der Waals surface area contributed by atoms with Gasteiger partial charge < -0.3 is 5.73 Å². The summed E-state index contributed by atoms with van der Waals surface area (Å²) in [5.74, 6) is -1.11. The molecule has 0 radical (unpaired) electrons. The number of nitrogens with two attached hydrogens (primary N) is 1. The lowest BCUT2D eigenvalue weighted by Crippen LogP contribution is -2.09. The molecule has 0 aliphatic heterocycles. The standard InChI is InChI=1S/C14H15F4N3/c1-7(2)10-12(20-21(3)13(10)19)8-5-4-6-9(11(8)15)14(16,17)18/h4-7H,19H2,1-3H3. The molecule has 2 aromatic rings. The van der Waals surface area contributed by atoms with Crippen LogP contribution in [0.1, 0.15) is 30.9 Å². The normalized spacial score (nSPS) is 12.2. The molecule has 0 saturated carbocycles. The third-order valence-corrected chi connectivity index (χ3v) is 3.27. The fraction of sp³-hybridized carbons (Fsp3) is 0.357. The quantitative estimate of drug-likeness (QED) is 0.854. The number of aryl methyl sites for hydroxylation is 1. The zero-order valence-electron chi connectivity index (χ0n) is 11.8. The molecular weight excluding hydrogens is 286 g/mol. The average molecular weight is 301 g/mol. The second-order valence-corrected chi connectivity index (χ2v) is 5.09. The average Bonchev–Trinajstić information content (AvgIpc) is 2.64. The Labute approximate surface area is 119 Å². The van der Waals surface area contributed by atoms with Crippen molar-refractivity contribution in [3.8, 4) is 11.3 Å². The van der Waals surface area contributed by atoms with Crippen molar-refractivity contribution in [1.29, 1.82) is 0 Å². The van der Waals surface area contributed by atoms with Crippen molar-refractivity contribution in [3.63, 3.8) is 0 Å². The van der Waals surface area contributed by atoms with E-state index < -0.39 is 17.6 Å². The van der Waals surface area contributed by atoms with Gasteiger partial charge in [0, 0.05) is 18.2 Å². The van der Waals surface area contributed by atoms with E-state index in [2.05, 4.69) is 5.10 Å². The topological polar surface area (TPSA) is 43.8 Å². The molecule has 1 heterocycles. The number of aromatic nitrogens is 2. The van der Waals surface area contributed by atoms with Gasteiger partial charge in [-0.3, -0.25) is 4.68 Å². The molecular formula is C14H15F4N3. The van der Waals surface area contributed by atoms with E-state index in [1.54, 1.807) is 7.05 Å². The van der Waals surface area contributed by atoms with Crippen LogP contribution in [-0.4, -0.2) is 9.78 Å². The van der Waals surface area contributed by atoms with Gasteiger partial charge in [-0.05, 0) is 18.1 Å². The first-order chi connectivity index (χ1) is 9.64. The van der Waals surface area contributed by atoms with Crippen LogP contribution in [0.4, 0.5) is 23.4 Å². The van der Waals surface area contributed by atoms with Crippen molar-refractivity contribution in [2.75, 3.05) is 5.73 Å². The molecule has 0 aliphatic rings. The van der Waals surface area contributed by atoms with Gasteiger partial charge in [0.1, 0.15) is 17.3 Å². The summed E-state index contributed by atoms with van der Waals surface area (Å²) >= 11 is 0. The van der Waals surface area contributed by atoms with E-state index in [-0.39, 0.29) is 17.2 Å². The Balaban J connectivity index is 2.72. The van der Waals surface area contributed by atoms with Crippen LogP contribution in [0.25, 0.3) is 11.3 Å². The number of nitrogen functional groups attached to an aromatic ring is 1. The van der Waals surface area contributed by atoms with E-state index in [9.17, 15) is 17.6 Å². The van der Waals surface area contributed by atoms with Gasteiger partial charge in [0.15, 0.2) is 0 Å². The minimum atomic E-state index is -4.75. The van der Waals surface area contributed by atoms with Gasteiger partial charge >= 0.3 is 6.18 Å². The van der Waals surface area contributed by atoms with Crippen molar-refractivity contribution in [2.45, 2.75) is 25.9 Å².